The van der Waals surface area contributed by atoms with Gasteiger partial charge in [-0.1, -0.05) is 24.3 Å². The molecule has 0 unspecified atom stereocenters. The summed E-state index contributed by atoms with van der Waals surface area (Å²) in [5.74, 6) is 0.457. The lowest BCUT2D eigenvalue weighted by Crippen LogP contribution is -2.16. The van der Waals surface area contributed by atoms with E-state index in [0.29, 0.717) is 29.1 Å². The summed E-state index contributed by atoms with van der Waals surface area (Å²) in [6.07, 6.45) is 1.79. The number of pyridine rings is 2. The second-order valence-corrected chi connectivity index (χ2v) is 7.25. The number of nitrogen functional groups attached to an aromatic ring is 1. The van der Waals surface area contributed by atoms with E-state index in [9.17, 15) is 4.79 Å². The van der Waals surface area contributed by atoms with Gasteiger partial charge in [0.15, 0.2) is 0 Å². The molecule has 148 valence electrons. The molecule has 7 heteroatoms. The molecular weight excluding hydrogens is 376 g/mol. The SMILES string of the molecule is CN(Cc1ccccn1)c1ccc2nc(-c3c(N)c4ccccc4[nH]c3=O)[nH]c2c1. The Bertz CT molecular complexity index is 1420. The molecule has 0 aliphatic rings. The van der Waals surface area contributed by atoms with E-state index in [4.69, 9.17) is 5.73 Å². The molecule has 30 heavy (non-hydrogen) atoms. The van der Waals surface area contributed by atoms with Crippen molar-refractivity contribution in [2.75, 3.05) is 17.7 Å². The van der Waals surface area contributed by atoms with Crippen LogP contribution in [-0.4, -0.2) is 27.0 Å². The number of imidazole rings is 1. The van der Waals surface area contributed by atoms with Crippen LogP contribution in [0.5, 0.6) is 0 Å². The number of hydrogen-bond acceptors (Lipinski definition) is 5. The van der Waals surface area contributed by atoms with Gasteiger partial charge in [0.25, 0.3) is 5.56 Å². The zero-order valence-corrected chi connectivity index (χ0v) is 16.4. The number of nitrogens with one attached hydrogen (secondary N) is 2. The number of aromatic nitrogens is 4. The molecule has 2 aromatic carbocycles. The standard InChI is InChI=1S/C23H20N6O/c1-29(13-14-6-4-5-11-25-14)15-9-10-18-19(12-15)27-22(26-18)20-21(24)16-7-2-3-8-17(16)28-23(20)30/h2-12H,13H2,1H3,(H,26,27)(H3,24,28,30). The number of nitrogens with zero attached hydrogens (tertiary/aromatic N) is 3. The number of H-pyrrole nitrogens is 2. The van der Waals surface area contributed by atoms with Crippen LogP contribution in [0.15, 0.2) is 71.7 Å². The molecule has 0 bridgehead atoms. The third-order valence-electron chi connectivity index (χ3n) is 5.23. The van der Waals surface area contributed by atoms with E-state index < -0.39 is 0 Å². The molecule has 0 saturated heterocycles. The minimum absolute atomic E-state index is 0.266. The third-order valence-corrected chi connectivity index (χ3v) is 5.23. The Hall–Kier alpha value is -4.13. The van der Waals surface area contributed by atoms with Crippen molar-refractivity contribution in [2.24, 2.45) is 0 Å². The van der Waals surface area contributed by atoms with Crippen LogP contribution in [0, 0.1) is 0 Å². The Kier molecular flexibility index (Phi) is 4.21. The molecule has 0 aliphatic carbocycles. The Labute approximate surface area is 172 Å². The minimum atomic E-state index is -0.266. The van der Waals surface area contributed by atoms with Crippen molar-refractivity contribution >= 4 is 33.3 Å². The van der Waals surface area contributed by atoms with Crippen LogP contribution in [-0.2, 0) is 6.54 Å². The van der Waals surface area contributed by atoms with Crippen molar-refractivity contribution in [3.63, 3.8) is 0 Å². The highest BCUT2D eigenvalue weighted by atomic mass is 16.1. The van der Waals surface area contributed by atoms with Crippen LogP contribution in [0.2, 0.25) is 0 Å². The van der Waals surface area contributed by atoms with Gasteiger partial charge in [0.2, 0.25) is 0 Å². The van der Waals surface area contributed by atoms with Gasteiger partial charge in [-0.3, -0.25) is 9.78 Å². The second-order valence-electron chi connectivity index (χ2n) is 7.25. The van der Waals surface area contributed by atoms with E-state index in [1.54, 1.807) is 6.20 Å². The molecule has 3 heterocycles. The second kappa shape index (κ2) is 7.04. The van der Waals surface area contributed by atoms with Gasteiger partial charge in [-0.15, -0.1) is 0 Å². The highest BCUT2D eigenvalue weighted by Crippen LogP contribution is 2.29. The number of rotatable bonds is 4. The normalized spacial score (nSPS) is 11.2. The lowest BCUT2D eigenvalue weighted by Gasteiger charge is -2.18. The number of benzene rings is 2. The topological polar surface area (TPSA) is 104 Å². The fourth-order valence-electron chi connectivity index (χ4n) is 3.68. The van der Waals surface area contributed by atoms with Crippen LogP contribution < -0.4 is 16.2 Å². The fourth-order valence-corrected chi connectivity index (χ4v) is 3.68. The van der Waals surface area contributed by atoms with Crippen LogP contribution >= 0.6 is 0 Å². The fraction of sp³-hybridized carbons (Fsp3) is 0.0870. The summed E-state index contributed by atoms with van der Waals surface area (Å²) in [5, 5.41) is 0.795. The van der Waals surface area contributed by atoms with Gasteiger partial charge in [-0.05, 0) is 36.4 Å². The first-order chi connectivity index (χ1) is 14.6. The molecule has 5 rings (SSSR count). The predicted molar refractivity (Wildman–Crippen MR) is 120 cm³/mol. The van der Waals surface area contributed by atoms with Crippen LogP contribution in [0.1, 0.15) is 5.69 Å². The molecule has 0 radical (unpaired) electrons. The molecule has 5 aromatic rings. The highest BCUT2D eigenvalue weighted by molar-refractivity contribution is 5.97. The van der Waals surface area contributed by atoms with Gasteiger partial charge in [0.1, 0.15) is 11.4 Å². The van der Waals surface area contributed by atoms with Crippen LogP contribution in [0.3, 0.4) is 0 Å². The van der Waals surface area contributed by atoms with Gasteiger partial charge in [0, 0.05) is 24.3 Å². The number of aromatic amines is 2. The van der Waals surface area contributed by atoms with E-state index in [1.807, 2.05) is 67.7 Å². The average molecular weight is 396 g/mol. The largest absolute Gasteiger partial charge is 0.397 e. The summed E-state index contributed by atoms with van der Waals surface area (Å²) in [6.45, 7) is 0.685. The molecule has 7 nitrogen and oxygen atoms in total. The average Bonchev–Trinajstić information content (AvgIpc) is 3.17. The van der Waals surface area contributed by atoms with E-state index in [1.165, 1.54) is 0 Å². The molecule has 0 saturated carbocycles. The van der Waals surface area contributed by atoms with Crippen LogP contribution in [0.4, 0.5) is 11.4 Å². The molecule has 0 fully saturated rings. The predicted octanol–water partition coefficient (Wildman–Crippen LogP) is 3.69. The Morgan fingerprint density at radius 1 is 1.00 bits per heavy atom. The van der Waals surface area contributed by atoms with E-state index in [-0.39, 0.29) is 5.56 Å². The summed E-state index contributed by atoms with van der Waals surface area (Å²) >= 11 is 0. The van der Waals surface area contributed by atoms with Crippen molar-refractivity contribution in [1.82, 2.24) is 19.9 Å². The van der Waals surface area contributed by atoms with Crippen molar-refractivity contribution in [3.05, 3.63) is 82.9 Å². The van der Waals surface area contributed by atoms with Crippen molar-refractivity contribution in [3.8, 4) is 11.4 Å². The van der Waals surface area contributed by atoms with E-state index in [2.05, 4.69) is 24.8 Å². The Balaban J connectivity index is 1.55. The number of nitrogens with two attached hydrogens (primary N) is 1. The zero-order valence-electron chi connectivity index (χ0n) is 16.4. The lowest BCUT2D eigenvalue weighted by molar-refractivity contribution is 0.886. The number of fused-ring (bicyclic) bond motifs is 2. The quantitative estimate of drug-likeness (QED) is 0.430. The molecule has 0 atom stereocenters. The minimum Gasteiger partial charge on any atom is -0.397 e. The summed E-state index contributed by atoms with van der Waals surface area (Å²) in [4.78, 5) is 30.0. The molecule has 0 spiro atoms. The monoisotopic (exact) mass is 396 g/mol. The van der Waals surface area contributed by atoms with E-state index in [0.717, 1.165) is 27.8 Å². The first-order valence-corrected chi connectivity index (χ1v) is 9.62. The van der Waals surface area contributed by atoms with Gasteiger partial charge >= 0.3 is 0 Å². The molecule has 0 aliphatic heterocycles. The van der Waals surface area contributed by atoms with Gasteiger partial charge in [0.05, 0.1) is 34.5 Å². The van der Waals surface area contributed by atoms with Crippen molar-refractivity contribution < 1.29 is 0 Å². The molecule has 3 aromatic heterocycles. The summed E-state index contributed by atoms with van der Waals surface area (Å²) < 4.78 is 0. The van der Waals surface area contributed by atoms with E-state index >= 15 is 0 Å². The first kappa shape index (κ1) is 17.9. The maximum atomic E-state index is 12.7. The third kappa shape index (κ3) is 3.06. The van der Waals surface area contributed by atoms with Gasteiger partial charge in [-0.25, -0.2) is 4.98 Å². The highest BCUT2D eigenvalue weighted by Gasteiger charge is 2.16. The lowest BCUT2D eigenvalue weighted by atomic mass is 10.1. The Morgan fingerprint density at radius 2 is 1.83 bits per heavy atom. The van der Waals surface area contributed by atoms with Gasteiger partial charge in [-0.2, -0.15) is 0 Å². The molecular formula is C23H20N6O. The number of hydrogen-bond donors (Lipinski definition) is 3. The maximum absolute atomic E-state index is 12.7. The molecule has 0 amide bonds. The summed E-state index contributed by atoms with van der Waals surface area (Å²) in [5.41, 5.74) is 11.2. The van der Waals surface area contributed by atoms with Crippen LogP contribution in [0.25, 0.3) is 33.3 Å². The zero-order chi connectivity index (χ0) is 20.7. The van der Waals surface area contributed by atoms with Crippen molar-refractivity contribution in [2.45, 2.75) is 6.54 Å². The molecule has 4 N–H and O–H groups in total. The summed E-state index contributed by atoms with van der Waals surface area (Å²) in [7, 11) is 2.01. The van der Waals surface area contributed by atoms with Gasteiger partial charge < -0.3 is 20.6 Å². The van der Waals surface area contributed by atoms with Crippen molar-refractivity contribution in [1.29, 1.82) is 0 Å². The summed E-state index contributed by atoms with van der Waals surface area (Å²) in [6, 6.07) is 19.3. The number of anilines is 2. The number of para-hydroxylation sites is 1. The first-order valence-electron chi connectivity index (χ1n) is 9.62. The smallest absolute Gasteiger partial charge is 0.261 e. The maximum Gasteiger partial charge on any atom is 0.261 e. The Morgan fingerprint density at radius 3 is 2.67 bits per heavy atom.